The first-order valence-corrected chi connectivity index (χ1v) is 6.97. The van der Waals surface area contributed by atoms with E-state index >= 15 is 0 Å². The summed E-state index contributed by atoms with van der Waals surface area (Å²) in [5, 5.41) is 3.42. The van der Waals surface area contributed by atoms with Crippen LogP contribution in [0.25, 0.3) is 0 Å². The van der Waals surface area contributed by atoms with Crippen molar-refractivity contribution in [3.05, 3.63) is 59.3 Å². The zero-order chi connectivity index (χ0) is 14.4. The van der Waals surface area contributed by atoms with Gasteiger partial charge in [-0.2, -0.15) is 0 Å². The number of ether oxygens (including phenoxy) is 1. The second-order valence-corrected chi connectivity index (χ2v) is 5.21. The number of aromatic nitrogens is 1. The van der Waals surface area contributed by atoms with Crippen molar-refractivity contribution >= 4 is 0 Å². The van der Waals surface area contributed by atoms with Gasteiger partial charge in [0.25, 0.3) is 0 Å². The zero-order valence-electron chi connectivity index (χ0n) is 12.4. The third kappa shape index (κ3) is 4.07. The standard InChI is InChI=1S/C17H22N2O/c1-13(2)16-7-4-14(5-8-16)10-18-11-15-6-9-17(20-3)19-12-15/h4-9,12-13,18H,10-11H2,1-3H3. The van der Waals surface area contributed by atoms with Crippen LogP contribution in [-0.4, -0.2) is 12.1 Å². The fourth-order valence-electron chi connectivity index (χ4n) is 2.01. The highest BCUT2D eigenvalue weighted by Crippen LogP contribution is 2.14. The second kappa shape index (κ2) is 7.06. The molecule has 0 fully saturated rings. The molecule has 106 valence electrons. The van der Waals surface area contributed by atoms with Crippen LogP contribution < -0.4 is 10.1 Å². The zero-order valence-corrected chi connectivity index (χ0v) is 12.4. The van der Waals surface area contributed by atoms with Crippen molar-refractivity contribution in [2.24, 2.45) is 0 Å². The Kier molecular flexibility index (Phi) is 5.13. The molecule has 0 saturated heterocycles. The Bertz CT molecular complexity index is 518. The normalized spacial score (nSPS) is 10.8. The van der Waals surface area contributed by atoms with Crippen LogP contribution in [0.15, 0.2) is 42.6 Å². The van der Waals surface area contributed by atoms with Gasteiger partial charge in [0, 0.05) is 25.4 Å². The van der Waals surface area contributed by atoms with Crippen molar-refractivity contribution in [2.45, 2.75) is 32.9 Å². The van der Waals surface area contributed by atoms with Gasteiger partial charge in [0.05, 0.1) is 7.11 Å². The van der Waals surface area contributed by atoms with Crippen LogP contribution in [0.5, 0.6) is 5.88 Å². The van der Waals surface area contributed by atoms with Crippen LogP contribution in [-0.2, 0) is 13.1 Å². The maximum atomic E-state index is 5.04. The quantitative estimate of drug-likeness (QED) is 0.872. The number of nitrogens with one attached hydrogen (secondary N) is 1. The van der Waals surface area contributed by atoms with Gasteiger partial charge in [-0.25, -0.2) is 4.98 Å². The number of benzene rings is 1. The number of hydrogen-bond acceptors (Lipinski definition) is 3. The Morgan fingerprint density at radius 2 is 1.65 bits per heavy atom. The van der Waals surface area contributed by atoms with E-state index in [-0.39, 0.29) is 0 Å². The van der Waals surface area contributed by atoms with E-state index in [1.165, 1.54) is 11.1 Å². The molecule has 1 N–H and O–H groups in total. The van der Waals surface area contributed by atoms with E-state index in [2.05, 4.69) is 48.4 Å². The molecule has 1 aromatic carbocycles. The first kappa shape index (κ1) is 14.5. The number of nitrogens with zero attached hydrogens (tertiary/aromatic N) is 1. The summed E-state index contributed by atoms with van der Waals surface area (Å²) in [7, 11) is 1.63. The summed E-state index contributed by atoms with van der Waals surface area (Å²) < 4.78 is 5.04. The van der Waals surface area contributed by atoms with Crippen molar-refractivity contribution in [3.63, 3.8) is 0 Å². The molecule has 0 saturated carbocycles. The minimum atomic E-state index is 0.586. The largest absolute Gasteiger partial charge is 0.481 e. The molecule has 1 heterocycles. The molecule has 0 bridgehead atoms. The van der Waals surface area contributed by atoms with Crippen LogP contribution >= 0.6 is 0 Å². The molecule has 0 atom stereocenters. The lowest BCUT2D eigenvalue weighted by Crippen LogP contribution is -2.12. The summed E-state index contributed by atoms with van der Waals surface area (Å²) in [6.45, 7) is 6.10. The summed E-state index contributed by atoms with van der Waals surface area (Å²) in [4.78, 5) is 4.19. The highest BCUT2D eigenvalue weighted by molar-refractivity contribution is 5.24. The summed E-state index contributed by atoms with van der Waals surface area (Å²) in [6, 6.07) is 12.7. The Morgan fingerprint density at radius 1 is 1.00 bits per heavy atom. The van der Waals surface area contributed by atoms with E-state index < -0.39 is 0 Å². The first-order valence-electron chi connectivity index (χ1n) is 6.97. The third-order valence-electron chi connectivity index (χ3n) is 3.31. The highest BCUT2D eigenvalue weighted by Gasteiger charge is 1.99. The lowest BCUT2D eigenvalue weighted by Gasteiger charge is -2.08. The smallest absolute Gasteiger partial charge is 0.212 e. The summed E-state index contributed by atoms with van der Waals surface area (Å²) >= 11 is 0. The van der Waals surface area contributed by atoms with Crippen molar-refractivity contribution in [1.82, 2.24) is 10.3 Å². The number of hydrogen-bond donors (Lipinski definition) is 1. The maximum Gasteiger partial charge on any atom is 0.212 e. The molecule has 1 aromatic heterocycles. The molecule has 3 nitrogen and oxygen atoms in total. The monoisotopic (exact) mass is 270 g/mol. The topological polar surface area (TPSA) is 34.1 Å². The van der Waals surface area contributed by atoms with Gasteiger partial charge in [-0.1, -0.05) is 44.2 Å². The Balaban J connectivity index is 1.82. The van der Waals surface area contributed by atoms with Gasteiger partial charge in [-0.05, 0) is 22.6 Å². The minimum Gasteiger partial charge on any atom is -0.481 e. The van der Waals surface area contributed by atoms with Gasteiger partial charge in [-0.15, -0.1) is 0 Å². The van der Waals surface area contributed by atoms with Gasteiger partial charge in [0.2, 0.25) is 5.88 Å². The van der Waals surface area contributed by atoms with Crippen LogP contribution in [0.1, 0.15) is 36.5 Å². The van der Waals surface area contributed by atoms with Gasteiger partial charge in [0.1, 0.15) is 0 Å². The van der Waals surface area contributed by atoms with Crippen molar-refractivity contribution in [3.8, 4) is 5.88 Å². The van der Waals surface area contributed by atoms with Crippen molar-refractivity contribution in [2.75, 3.05) is 7.11 Å². The van der Waals surface area contributed by atoms with Gasteiger partial charge in [-0.3, -0.25) is 0 Å². The minimum absolute atomic E-state index is 0.586. The predicted octanol–water partition coefficient (Wildman–Crippen LogP) is 3.50. The van der Waals surface area contributed by atoms with Crippen LogP contribution in [0.4, 0.5) is 0 Å². The molecule has 0 spiro atoms. The molecule has 0 unspecified atom stereocenters. The van der Waals surface area contributed by atoms with Crippen LogP contribution in [0, 0.1) is 0 Å². The lowest BCUT2D eigenvalue weighted by molar-refractivity contribution is 0.397. The fraction of sp³-hybridized carbons (Fsp3) is 0.353. The Morgan fingerprint density at radius 3 is 2.20 bits per heavy atom. The number of rotatable bonds is 6. The maximum absolute atomic E-state index is 5.04. The molecule has 0 radical (unpaired) electrons. The van der Waals surface area contributed by atoms with E-state index in [0.717, 1.165) is 18.7 Å². The number of pyridine rings is 1. The van der Waals surface area contributed by atoms with E-state index in [9.17, 15) is 0 Å². The summed E-state index contributed by atoms with van der Waals surface area (Å²) in [5.41, 5.74) is 3.84. The van der Waals surface area contributed by atoms with E-state index in [0.29, 0.717) is 11.8 Å². The SMILES string of the molecule is COc1ccc(CNCc2ccc(C(C)C)cc2)cn1. The van der Waals surface area contributed by atoms with E-state index in [4.69, 9.17) is 4.74 Å². The molecule has 3 heteroatoms. The molecule has 0 aliphatic heterocycles. The lowest BCUT2D eigenvalue weighted by atomic mass is 10.0. The average Bonchev–Trinajstić information content (AvgIpc) is 2.48. The molecule has 2 rings (SSSR count). The molecule has 0 aliphatic carbocycles. The molecule has 2 aromatic rings. The Labute approximate surface area is 121 Å². The van der Waals surface area contributed by atoms with E-state index in [1.807, 2.05) is 18.3 Å². The average molecular weight is 270 g/mol. The molecule has 20 heavy (non-hydrogen) atoms. The van der Waals surface area contributed by atoms with Gasteiger partial charge in [0.15, 0.2) is 0 Å². The molecule has 0 amide bonds. The van der Waals surface area contributed by atoms with Crippen molar-refractivity contribution < 1.29 is 4.74 Å². The molecular weight excluding hydrogens is 248 g/mol. The summed E-state index contributed by atoms with van der Waals surface area (Å²) in [5.74, 6) is 1.24. The molecule has 0 aliphatic rings. The fourth-order valence-corrected chi connectivity index (χ4v) is 2.01. The van der Waals surface area contributed by atoms with Crippen LogP contribution in [0.3, 0.4) is 0 Å². The molecular formula is C17H22N2O. The highest BCUT2D eigenvalue weighted by atomic mass is 16.5. The summed E-state index contributed by atoms with van der Waals surface area (Å²) in [6.07, 6.45) is 1.84. The Hall–Kier alpha value is -1.87. The van der Waals surface area contributed by atoms with Crippen LogP contribution in [0.2, 0.25) is 0 Å². The number of methoxy groups -OCH3 is 1. The second-order valence-electron chi connectivity index (χ2n) is 5.21. The van der Waals surface area contributed by atoms with Gasteiger partial charge >= 0.3 is 0 Å². The first-order chi connectivity index (χ1) is 9.69. The third-order valence-corrected chi connectivity index (χ3v) is 3.31. The predicted molar refractivity (Wildman–Crippen MR) is 81.9 cm³/mol. The van der Waals surface area contributed by atoms with Gasteiger partial charge < -0.3 is 10.1 Å². The van der Waals surface area contributed by atoms with Crippen molar-refractivity contribution in [1.29, 1.82) is 0 Å². The van der Waals surface area contributed by atoms with E-state index in [1.54, 1.807) is 7.11 Å².